The Balaban J connectivity index is -0.000000149. The van der Waals surface area contributed by atoms with Crippen molar-refractivity contribution >= 4 is 16.8 Å². The van der Waals surface area contributed by atoms with E-state index in [1.165, 1.54) is 135 Å². The zero-order chi connectivity index (χ0) is 46.1. The summed E-state index contributed by atoms with van der Waals surface area (Å²) in [5, 5.41) is 34.6. The first-order valence-corrected chi connectivity index (χ1v) is 27.3. The molecule has 4 aliphatic rings. The summed E-state index contributed by atoms with van der Waals surface area (Å²) in [4.78, 5) is 0. The van der Waals surface area contributed by atoms with Gasteiger partial charge in [-0.25, -0.2) is 9.34 Å². The normalized spacial score (nSPS) is 15.9. The summed E-state index contributed by atoms with van der Waals surface area (Å²) in [6.07, 6.45) is 32.1. The molecule has 4 saturated carbocycles. The molecule has 1 N–H and O–H groups in total. The van der Waals surface area contributed by atoms with E-state index in [9.17, 15) is 0 Å². The van der Waals surface area contributed by atoms with Gasteiger partial charge in [-0.15, -0.1) is 0 Å². The number of ether oxygens (including phenoxy) is 2. The third-order valence-corrected chi connectivity index (χ3v) is 15.4. The smallest absolute Gasteiger partial charge is 0.394 e. The van der Waals surface area contributed by atoms with Gasteiger partial charge in [0.25, 0.3) is 8.53 Å². The zero-order valence-electron chi connectivity index (χ0n) is 45.9. The fourth-order valence-electron chi connectivity index (χ4n) is 8.41. The molecule has 4 rings (SSSR count). The van der Waals surface area contributed by atoms with E-state index in [2.05, 4.69) is 44.2 Å². The first-order chi connectivity index (χ1) is 30.0. The molecule has 68 heavy (non-hydrogen) atoms. The Morgan fingerprint density at radius 1 is 0.471 bits per heavy atom. The van der Waals surface area contributed by atoms with Gasteiger partial charge in [-0.2, -0.15) is 15.8 Å². The molecule has 0 bridgehead atoms. The van der Waals surface area contributed by atoms with E-state index in [-0.39, 0.29) is 82.5 Å². The van der Waals surface area contributed by atoms with Crippen molar-refractivity contribution in [3.63, 3.8) is 0 Å². The topological polar surface area (TPSA) is 144 Å². The molecule has 0 amide bonds. The molecule has 0 spiro atoms. The Bertz CT molecular complexity index is 1070. The first kappa shape index (κ1) is 82.1. The molecule has 0 aromatic carbocycles. The summed E-state index contributed by atoms with van der Waals surface area (Å²) < 4.78 is 32.5. The zero-order valence-corrected chi connectivity index (χ0v) is 49.9. The van der Waals surface area contributed by atoms with Crippen LogP contribution in [-0.4, -0.2) is 91.5 Å². The van der Waals surface area contributed by atoms with Gasteiger partial charge in [0.2, 0.25) is 8.30 Å². The first-order valence-electron chi connectivity index (χ1n) is 25.0. The second-order valence-corrected chi connectivity index (χ2v) is 21.1. The Morgan fingerprint density at radius 2 is 0.809 bits per heavy atom. The van der Waals surface area contributed by atoms with Gasteiger partial charge in [0, 0.05) is 37.4 Å². The van der Waals surface area contributed by atoms with Gasteiger partial charge in [-0.1, -0.05) is 116 Å². The molecule has 0 radical (unpaired) electrons. The minimum atomic E-state index is -1.22. The summed E-state index contributed by atoms with van der Waals surface area (Å²) >= 11 is 0. The quantitative estimate of drug-likeness (QED) is 0.0382. The number of aliphatic hydroxyl groups excluding tert-OH is 1. The Kier molecular flexibility index (Phi) is 72.0. The van der Waals surface area contributed by atoms with Gasteiger partial charge >= 0.3 is 34.1 Å². The average Bonchev–Trinajstić information content (AvgIpc) is 4.11. The number of aliphatic hydroxyl groups is 1. The fourth-order valence-corrected chi connectivity index (χ4v) is 11.4. The van der Waals surface area contributed by atoms with Crippen LogP contribution in [0.25, 0.3) is 0 Å². The maximum atomic E-state index is 9.02. The minimum Gasteiger partial charge on any atom is -0.394 e. The summed E-state index contributed by atoms with van der Waals surface area (Å²) in [6.45, 7) is 21.0. The van der Waals surface area contributed by atoms with Crippen LogP contribution in [0.5, 0.6) is 0 Å². The van der Waals surface area contributed by atoms with Crippen LogP contribution in [0.3, 0.4) is 0 Å². The second kappa shape index (κ2) is 59.6. The third kappa shape index (κ3) is 47.1. The number of hydrogen-bond acceptors (Lipinski definition) is 11. The standard InChI is InChI=1S/C19H37N2O3P.C10H18N3OP.C10H20O2.2C5H10.4CH3.2Fe/c1-17(2)21(18(3)4)25(23-14-8-12-20)24-16-15-22-13-7-11-19-9-5-6-10-19;1-9(2)13(10(3)4)15(8-12)14-7-5-6-11;11-7-9-12-8-3-6-10-4-1-2-5-10;2*1-2-4-5-3-1;;;;;;/h17-19H,5-11,13-16H2,1-4H3;9-10H,5,7H2,1-4H3;10-11H,1-9H2;2*1-5H2;4*1H3;;/q;;;;;4*-1;2*+2. The van der Waals surface area contributed by atoms with Crippen molar-refractivity contribution in [2.45, 2.75) is 234 Å². The molecule has 406 valence electrons. The van der Waals surface area contributed by atoms with Crippen LogP contribution >= 0.6 is 16.8 Å². The largest absolute Gasteiger partial charge is 2.00 e. The molecule has 4 fully saturated rings. The average molecular weight is 1080 g/mol. The van der Waals surface area contributed by atoms with Crippen LogP contribution in [-0.2, 0) is 57.2 Å². The molecule has 4 aliphatic carbocycles. The summed E-state index contributed by atoms with van der Waals surface area (Å²) in [6, 6.07) is 5.34. The van der Waals surface area contributed by atoms with E-state index in [1.54, 1.807) is 0 Å². The molecule has 2 unspecified atom stereocenters. The monoisotopic (exact) mass is 1080 g/mol. The van der Waals surface area contributed by atoms with E-state index in [0.29, 0.717) is 58.0 Å². The molecule has 0 aromatic heterocycles. The molecule has 0 heterocycles. The van der Waals surface area contributed by atoms with Crippen LogP contribution in [0.1, 0.15) is 209 Å². The molecular weight excluding hydrogens is 976 g/mol. The molecule has 0 aliphatic heterocycles. The third-order valence-electron chi connectivity index (χ3n) is 11.4. The van der Waals surface area contributed by atoms with Crippen LogP contribution in [0, 0.1) is 75.3 Å². The Morgan fingerprint density at radius 3 is 1.13 bits per heavy atom. The van der Waals surface area contributed by atoms with Crippen LogP contribution in [0.2, 0.25) is 0 Å². The van der Waals surface area contributed by atoms with E-state index in [4.69, 9.17) is 43.9 Å². The summed E-state index contributed by atoms with van der Waals surface area (Å²) in [7, 11) is -2.37. The number of rotatable bonds is 26. The van der Waals surface area contributed by atoms with Gasteiger partial charge in [0.05, 0.1) is 64.6 Å². The molecular formula is C53H107Fe2N5O6P2. The van der Waals surface area contributed by atoms with Crippen molar-refractivity contribution in [2.75, 3.05) is 52.9 Å². The number of hydrogen-bond donors (Lipinski definition) is 1. The van der Waals surface area contributed by atoms with Gasteiger partial charge in [0.1, 0.15) is 5.81 Å². The van der Waals surface area contributed by atoms with E-state index < -0.39 is 16.8 Å². The molecule has 0 aromatic rings. The maximum Gasteiger partial charge on any atom is 2.00 e. The number of nitrogens with zero attached hydrogens (tertiary/aromatic N) is 5. The number of nitriles is 3. The van der Waals surface area contributed by atoms with Crippen molar-refractivity contribution in [1.82, 2.24) is 9.34 Å². The van der Waals surface area contributed by atoms with Crippen molar-refractivity contribution < 1.29 is 62.3 Å². The Labute approximate surface area is 447 Å². The van der Waals surface area contributed by atoms with Crippen LogP contribution in [0.4, 0.5) is 0 Å². The molecule has 2 atom stereocenters. The summed E-state index contributed by atoms with van der Waals surface area (Å²) in [5.74, 6) is 4.09. The van der Waals surface area contributed by atoms with E-state index >= 15 is 0 Å². The van der Waals surface area contributed by atoms with Gasteiger partial charge in [0.15, 0.2) is 0 Å². The SMILES string of the molecule is C1CCCC1.C1CCCC1.CC(C)N(C(C)C)P(C#N)OCCC#N.CC(C)N(C(C)C)P(OCCC#N)OCCOCCCC1CCCC1.OCCOCCCC1CCCC1.[CH3-].[CH3-].[CH3-].[CH3-].[Fe+2].[Fe+2]. The van der Waals surface area contributed by atoms with Gasteiger partial charge < -0.3 is 57.9 Å². The summed E-state index contributed by atoms with van der Waals surface area (Å²) in [5.41, 5.74) is 0. The molecule has 0 saturated heterocycles. The fraction of sp³-hybridized carbons (Fsp3) is 0.868. The predicted octanol–water partition coefficient (Wildman–Crippen LogP) is 15.8. The van der Waals surface area contributed by atoms with E-state index in [1.807, 2.05) is 38.4 Å². The molecule has 11 nitrogen and oxygen atoms in total. The van der Waals surface area contributed by atoms with Crippen LogP contribution < -0.4 is 0 Å². The van der Waals surface area contributed by atoms with Crippen molar-refractivity contribution in [3.05, 3.63) is 29.7 Å². The van der Waals surface area contributed by atoms with Crippen LogP contribution in [0.15, 0.2) is 0 Å². The minimum absolute atomic E-state index is 0. The molecule has 15 heteroatoms. The van der Waals surface area contributed by atoms with Crippen molar-refractivity contribution in [2.24, 2.45) is 11.8 Å². The maximum absolute atomic E-state index is 9.02. The van der Waals surface area contributed by atoms with E-state index in [0.717, 1.165) is 31.5 Å². The predicted molar refractivity (Wildman–Crippen MR) is 285 cm³/mol. The second-order valence-electron chi connectivity index (χ2n) is 18.1. The van der Waals surface area contributed by atoms with Gasteiger partial charge in [-0.3, -0.25) is 0 Å². The van der Waals surface area contributed by atoms with Gasteiger partial charge in [-0.05, 0) is 92.9 Å². The van der Waals surface area contributed by atoms with Crippen molar-refractivity contribution in [1.29, 1.82) is 15.8 Å². The van der Waals surface area contributed by atoms with Crippen molar-refractivity contribution in [3.8, 4) is 17.9 Å². The Hall–Kier alpha value is 0.0490.